The van der Waals surface area contributed by atoms with E-state index in [0.29, 0.717) is 0 Å². The Labute approximate surface area is 122 Å². The van der Waals surface area contributed by atoms with Crippen LogP contribution in [0.4, 0.5) is 5.82 Å². The molecule has 20 heavy (non-hydrogen) atoms. The van der Waals surface area contributed by atoms with E-state index in [0.717, 1.165) is 18.4 Å². The lowest BCUT2D eigenvalue weighted by Crippen LogP contribution is -2.49. The molecule has 2 aliphatic rings. The number of anilines is 1. The van der Waals surface area contributed by atoms with Crippen molar-refractivity contribution in [1.82, 2.24) is 14.8 Å². The molecule has 110 valence electrons. The van der Waals surface area contributed by atoms with Crippen molar-refractivity contribution in [3.05, 3.63) is 23.9 Å². The summed E-state index contributed by atoms with van der Waals surface area (Å²) in [6.45, 7) is 5.94. The third-order valence-corrected chi connectivity index (χ3v) is 4.73. The first-order chi connectivity index (χ1) is 9.85. The molecule has 0 bridgehead atoms. The summed E-state index contributed by atoms with van der Waals surface area (Å²) in [5.74, 6) is 0.965. The molecule has 1 saturated carbocycles. The second-order valence-electron chi connectivity index (χ2n) is 6.05. The molecule has 1 aromatic rings. The first-order valence-electron chi connectivity index (χ1n) is 7.94. The summed E-state index contributed by atoms with van der Waals surface area (Å²) in [6.07, 6.45) is 7.63. The van der Waals surface area contributed by atoms with Crippen molar-refractivity contribution in [2.75, 3.05) is 38.5 Å². The summed E-state index contributed by atoms with van der Waals surface area (Å²) in [5.41, 5.74) is 1.36. The maximum atomic E-state index is 4.28. The van der Waals surface area contributed by atoms with Gasteiger partial charge in [-0.05, 0) is 30.5 Å². The van der Waals surface area contributed by atoms with Gasteiger partial charge in [-0.3, -0.25) is 9.80 Å². The Kier molecular flexibility index (Phi) is 4.53. The summed E-state index contributed by atoms with van der Waals surface area (Å²) in [4.78, 5) is 9.56. The summed E-state index contributed by atoms with van der Waals surface area (Å²) in [7, 11) is 1.92. The molecule has 0 spiro atoms. The van der Waals surface area contributed by atoms with Crippen molar-refractivity contribution >= 4 is 5.82 Å². The average Bonchev–Trinajstić information content (AvgIpc) is 3.02. The van der Waals surface area contributed by atoms with E-state index in [1.54, 1.807) is 0 Å². The monoisotopic (exact) mass is 274 g/mol. The van der Waals surface area contributed by atoms with E-state index in [1.165, 1.54) is 57.4 Å². The minimum absolute atomic E-state index is 0.883. The lowest BCUT2D eigenvalue weighted by Gasteiger charge is -2.38. The minimum atomic E-state index is 0.883. The molecule has 1 N–H and O–H groups in total. The van der Waals surface area contributed by atoms with Crippen LogP contribution >= 0.6 is 0 Å². The van der Waals surface area contributed by atoms with E-state index < -0.39 is 0 Å². The molecule has 2 fully saturated rings. The lowest BCUT2D eigenvalue weighted by molar-refractivity contribution is 0.0937. The van der Waals surface area contributed by atoms with Crippen molar-refractivity contribution in [3.63, 3.8) is 0 Å². The molecule has 0 aromatic carbocycles. The maximum Gasteiger partial charge on any atom is 0.125 e. The molecule has 1 aromatic heterocycles. The second kappa shape index (κ2) is 6.55. The number of piperazine rings is 1. The van der Waals surface area contributed by atoms with Gasteiger partial charge in [0.25, 0.3) is 0 Å². The van der Waals surface area contributed by atoms with Crippen molar-refractivity contribution in [2.45, 2.75) is 38.3 Å². The molecule has 0 radical (unpaired) electrons. The van der Waals surface area contributed by atoms with Gasteiger partial charge in [-0.25, -0.2) is 4.98 Å². The Morgan fingerprint density at radius 2 is 1.95 bits per heavy atom. The predicted molar refractivity (Wildman–Crippen MR) is 82.9 cm³/mol. The normalized spacial score (nSPS) is 22.2. The summed E-state index contributed by atoms with van der Waals surface area (Å²) < 4.78 is 0. The van der Waals surface area contributed by atoms with E-state index >= 15 is 0 Å². The van der Waals surface area contributed by atoms with Crippen LogP contribution in [0.3, 0.4) is 0 Å². The summed E-state index contributed by atoms with van der Waals surface area (Å²) in [6, 6.07) is 5.17. The Bertz CT molecular complexity index is 420. The fourth-order valence-electron chi connectivity index (χ4n) is 3.52. The molecule has 1 saturated heterocycles. The zero-order chi connectivity index (χ0) is 13.8. The Hall–Kier alpha value is -1.13. The number of hydrogen-bond acceptors (Lipinski definition) is 4. The van der Waals surface area contributed by atoms with Crippen LogP contribution in [0.2, 0.25) is 0 Å². The maximum absolute atomic E-state index is 4.28. The van der Waals surface area contributed by atoms with E-state index in [1.807, 2.05) is 13.2 Å². The summed E-state index contributed by atoms with van der Waals surface area (Å²) in [5, 5.41) is 3.11. The third kappa shape index (κ3) is 3.30. The van der Waals surface area contributed by atoms with Gasteiger partial charge in [0.05, 0.1) is 0 Å². The van der Waals surface area contributed by atoms with Crippen molar-refractivity contribution in [3.8, 4) is 0 Å². The van der Waals surface area contributed by atoms with Gasteiger partial charge in [0.15, 0.2) is 0 Å². The van der Waals surface area contributed by atoms with E-state index in [9.17, 15) is 0 Å². The number of pyridine rings is 1. The summed E-state index contributed by atoms with van der Waals surface area (Å²) >= 11 is 0. The van der Waals surface area contributed by atoms with Crippen LogP contribution in [0.1, 0.15) is 31.2 Å². The van der Waals surface area contributed by atoms with Crippen LogP contribution in [0.5, 0.6) is 0 Å². The molecular weight excluding hydrogens is 248 g/mol. The smallest absolute Gasteiger partial charge is 0.125 e. The predicted octanol–water partition coefficient (Wildman–Crippen LogP) is 2.18. The molecule has 4 heteroatoms. The largest absolute Gasteiger partial charge is 0.373 e. The van der Waals surface area contributed by atoms with Gasteiger partial charge in [-0.1, -0.05) is 12.8 Å². The first kappa shape index (κ1) is 13.8. The highest BCUT2D eigenvalue weighted by atomic mass is 15.3. The molecule has 1 aliphatic carbocycles. The molecule has 4 nitrogen and oxygen atoms in total. The number of aromatic nitrogens is 1. The van der Waals surface area contributed by atoms with Crippen LogP contribution in [-0.2, 0) is 6.54 Å². The Morgan fingerprint density at radius 1 is 1.20 bits per heavy atom. The van der Waals surface area contributed by atoms with Gasteiger partial charge in [-0.2, -0.15) is 0 Å². The number of nitrogens with zero attached hydrogens (tertiary/aromatic N) is 3. The fourth-order valence-corrected chi connectivity index (χ4v) is 3.52. The highest BCUT2D eigenvalue weighted by Crippen LogP contribution is 2.24. The SMILES string of the molecule is CNc1cc(CN2CCN(C3CCCC3)CC2)ccn1. The van der Waals surface area contributed by atoms with Gasteiger partial charge < -0.3 is 5.32 Å². The van der Waals surface area contributed by atoms with Crippen molar-refractivity contribution in [2.24, 2.45) is 0 Å². The Morgan fingerprint density at radius 3 is 2.65 bits per heavy atom. The van der Waals surface area contributed by atoms with Crippen molar-refractivity contribution < 1.29 is 0 Å². The molecule has 0 amide bonds. The van der Waals surface area contributed by atoms with E-state index in [4.69, 9.17) is 0 Å². The standard InChI is InChI=1S/C16H26N4/c1-17-16-12-14(6-7-18-16)13-19-8-10-20(11-9-19)15-4-2-3-5-15/h6-7,12,15H,2-5,8-11,13H2,1H3,(H,17,18). The zero-order valence-corrected chi connectivity index (χ0v) is 12.5. The molecule has 3 rings (SSSR count). The number of nitrogens with one attached hydrogen (secondary N) is 1. The second-order valence-corrected chi connectivity index (χ2v) is 6.05. The topological polar surface area (TPSA) is 31.4 Å². The van der Waals surface area contributed by atoms with E-state index in [2.05, 4.69) is 32.2 Å². The van der Waals surface area contributed by atoms with Crippen LogP contribution in [-0.4, -0.2) is 54.1 Å². The molecule has 2 heterocycles. The van der Waals surface area contributed by atoms with E-state index in [-0.39, 0.29) is 0 Å². The average molecular weight is 274 g/mol. The zero-order valence-electron chi connectivity index (χ0n) is 12.5. The minimum Gasteiger partial charge on any atom is -0.373 e. The highest BCUT2D eigenvalue weighted by molar-refractivity contribution is 5.36. The molecule has 0 atom stereocenters. The van der Waals surface area contributed by atoms with Gasteiger partial charge in [0.2, 0.25) is 0 Å². The Balaban J connectivity index is 1.50. The molecule has 0 unspecified atom stereocenters. The molecule has 1 aliphatic heterocycles. The fraction of sp³-hybridized carbons (Fsp3) is 0.688. The first-order valence-corrected chi connectivity index (χ1v) is 7.94. The number of hydrogen-bond donors (Lipinski definition) is 1. The van der Waals surface area contributed by atoms with Gasteiger partial charge in [-0.15, -0.1) is 0 Å². The van der Waals surface area contributed by atoms with Crippen LogP contribution in [0.25, 0.3) is 0 Å². The van der Waals surface area contributed by atoms with Crippen LogP contribution in [0, 0.1) is 0 Å². The van der Waals surface area contributed by atoms with Gasteiger partial charge in [0.1, 0.15) is 5.82 Å². The highest BCUT2D eigenvalue weighted by Gasteiger charge is 2.25. The molecular formula is C16H26N4. The van der Waals surface area contributed by atoms with Crippen LogP contribution < -0.4 is 5.32 Å². The third-order valence-electron chi connectivity index (χ3n) is 4.73. The van der Waals surface area contributed by atoms with Crippen LogP contribution in [0.15, 0.2) is 18.3 Å². The quantitative estimate of drug-likeness (QED) is 0.912. The van der Waals surface area contributed by atoms with Crippen molar-refractivity contribution in [1.29, 1.82) is 0 Å². The van der Waals surface area contributed by atoms with Gasteiger partial charge in [0, 0.05) is 52.0 Å². The number of rotatable bonds is 4. The van der Waals surface area contributed by atoms with Gasteiger partial charge >= 0.3 is 0 Å². The lowest BCUT2D eigenvalue weighted by atomic mass is 10.1.